The van der Waals surface area contributed by atoms with Crippen LogP contribution in [0.5, 0.6) is 0 Å². The van der Waals surface area contributed by atoms with E-state index >= 15 is 0 Å². The molecular weight excluding hydrogens is 152 g/mol. The van der Waals surface area contributed by atoms with Crippen molar-refractivity contribution in [3.8, 4) is 0 Å². The molecule has 1 N–H and O–H groups in total. The summed E-state index contributed by atoms with van der Waals surface area (Å²) in [4.78, 5) is 2.76. The van der Waals surface area contributed by atoms with Crippen LogP contribution in [-0.2, 0) is 0 Å². The number of allylic oxidation sites excluding steroid dienone is 1. The zero-order chi connectivity index (χ0) is 9.35. The zero-order valence-electron chi connectivity index (χ0n) is 7.92. The molecule has 1 aliphatic heterocycles. The lowest BCUT2D eigenvalue weighted by Gasteiger charge is -2.09. The fourth-order valence-corrected chi connectivity index (χ4v) is 1.36. The smallest absolute Gasteiger partial charge is 0.0522 e. The van der Waals surface area contributed by atoms with Crippen molar-refractivity contribution in [3.05, 3.63) is 21.7 Å². The molecule has 0 aromatic rings. The predicted octanol–water partition coefficient (Wildman–Crippen LogP) is 2.34. The van der Waals surface area contributed by atoms with E-state index in [1.165, 1.54) is 0 Å². The van der Waals surface area contributed by atoms with Gasteiger partial charge in [0.1, 0.15) is 0 Å². The highest BCUT2D eigenvalue weighted by Gasteiger charge is 2.47. The van der Waals surface area contributed by atoms with Crippen LogP contribution in [0.2, 0.25) is 0 Å². The highest BCUT2D eigenvalue weighted by molar-refractivity contribution is 5.33. The largest absolute Gasteiger partial charge is 0.302 e. The van der Waals surface area contributed by atoms with Crippen molar-refractivity contribution in [1.82, 2.24) is 5.32 Å². The van der Waals surface area contributed by atoms with Crippen LogP contribution in [0.1, 0.15) is 27.7 Å². The normalized spacial score (nSPS) is 35.2. The van der Waals surface area contributed by atoms with Crippen molar-refractivity contribution in [2.24, 2.45) is 5.11 Å². The summed E-state index contributed by atoms with van der Waals surface area (Å²) < 4.78 is 0. The second-order valence-electron chi connectivity index (χ2n) is 3.47. The lowest BCUT2D eigenvalue weighted by atomic mass is 9.97. The zero-order valence-corrected chi connectivity index (χ0v) is 7.92. The summed E-state index contributed by atoms with van der Waals surface area (Å²) >= 11 is 0. The number of rotatable bonds is 2. The van der Waals surface area contributed by atoms with Gasteiger partial charge in [0.15, 0.2) is 0 Å². The van der Waals surface area contributed by atoms with Crippen molar-refractivity contribution in [1.29, 1.82) is 0 Å². The van der Waals surface area contributed by atoms with Gasteiger partial charge in [-0.3, -0.25) is 0 Å². The van der Waals surface area contributed by atoms with Crippen LogP contribution in [0.15, 0.2) is 16.4 Å². The summed E-state index contributed by atoms with van der Waals surface area (Å²) in [6.45, 7) is 8.07. The Morgan fingerprint density at radius 1 is 1.58 bits per heavy atom. The monoisotopic (exact) mass is 166 g/mol. The Labute approximate surface area is 72.3 Å². The van der Waals surface area contributed by atoms with E-state index in [9.17, 15) is 0 Å². The summed E-state index contributed by atoms with van der Waals surface area (Å²) in [6.07, 6.45) is 0. The fraction of sp³-hybridized carbons (Fsp3) is 0.750. The molecule has 0 saturated carbocycles. The highest BCUT2D eigenvalue weighted by Crippen LogP contribution is 2.35. The van der Waals surface area contributed by atoms with Crippen LogP contribution in [-0.4, -0.2) is 11.6 Å². The minimum Gasteiger partial charge on any atom is -0.302 e. The maximum absolute atomic E-state index is 8.24. The Kier molecular flexibility index (Phi) is 2.13. The second kappa shape index (κ2) is 2.81. The SMILES string of the molecule is C/C(N=[N+]=[N-])=C(/C)C1(C)NC1C. The lowest BCUT2D eigenvalue weighted by Crippen LogP contribution is -2.13. The van der Waals surface area contributed by atoms with Gasteiger partial charge in [-0.15, -0.1) is 0 Å². The number of nitrogens with one attached hydrogen (secondary N) is 1. The van der Waals surface area contributed by atoms with Gasteiger partial charge >= 0.3 is 0 Å². The van der Waals surface area contributed by atoms with Crippen molar-refractivity contribution in [3.63, 3.8) is 0 Å². The molecule has 4 heteroatoms. The van der Waals surface area contributed by atoms with Gasteiger partial charge in [0.2, 0.25) is 0 Å². The van der Waals surface area contributed by atoms with Crippen LogP contribution in [0.3, 0.4) is 0 Å². The van der Waals surface area contributed by atoms with Crippen molar-refractivity contribution < 1.29 is 0 Å². The Bertz CT molecular complexity index is 275. The lowest BCUT2D eigenvalue weighted by molar-refractivity contribution is 0.772. The Morgan fingerprint density at radius 3 is 2.42 bits per heavy atom. The maximum Gasteiger partial charge on any atom is 0.0522 e. The summed E-state index contributed by atoms with van der Waals surface area (Å²) in [7, 11) is 0. The molecule has 4 nitrogen and oxygen atoms in total. The van der Waals surface area contributed by atoms with E-state index in [0.29, 0.717) is 6.04 Å². The Balaban J connectivity index is 2.89. The molecule has 0 aromatic carbocycles. The molecule has 1 aliphatic rings. The summed E-state index contributed by atoms with van der Waals surface area (Å²) in [5.74, 6) is 0. The topological polar surface area (TPSA) is 70.7 Å². The van der Waals surface area contributed by atoms with Gasteiger partial charge in [-0.1, -0.05) is 5.11 Å². The standard InChI is InChI=1S/C8H14N4/c1-5(6(2)11-12-9)8(4)7(3)10-8/h7,10H,1-4H3/b6-5+. The van der Waals surface area contributed by atoms with E-state index in [-0.39, 0.29) is 5.54 Å². The van der Waals surface area contributed by atoms with Crippen LogP contribution in [0, 0.1) is 0 Å². The molecule has 0 spiro atoms. The van der Waals surface area contributed by atoms with Crippen LogP contribution >= 0.6 is 0 Å². The Morgan fingerprint density at radius 2 is 2.08 bits per heavy atom. The van der Waals surface area contributed by atoms with E-state index < -0.39 is 0 Å². The first kappa shape index (κ1) is 9.10. The molecule has 2 unspecified atom stereocenters. The summed E-state index contributed by atoms with van der Waals surface area (Å²) in [5, 5.41) is 6.89. The van der Waals surface area contributed by atoms with E-state index in [1.54, 1.807) is 0 Å². The van der Waals surface area contributed by atoms with Gasteiger partial charge in [0, 0.05) is 16.7 Å². The second-order valence-corrected chi connectivity index (χ2v) is 3.47. The molecule has 1 rings (SSSR count). The van der Waals surface area contributed by atoms with Gasteiger partial charge in [-0.2, -0.15) is 0 Å². The molecule has 0 amide bonds. The first-order valence-electron chi connectivity index (χ1n) is 4.03. The van der Waals surface area contributed by atoms with Gasteiger partial charge < -0.3 is 5.32 Å². The fourth-order valence-electron chi connectivity index (χ4n) is 1.36. The van der Waals surface area contributed by atoms with Gasteiger partial charge in [-0.25, -0.2) is 0 Å². The van der Waals surface area contributed by atoms with E-state index in [1.807, 2.05) is 13.8 Å². The molecule has 1 heterocycles. The molecule has 0 bridgehead atoms. The van der Waals surface area contributed by atoms with Crippen LogP contribution < -0.4 is 5.32 Å². The molecule has 66 valence electrons. The summed E-state index contributed by atoms with van der Waals surface area (Å²) in [6, 6.07) is 0.487. The molecule has 1 fully saturated rings. The number of azide groups is 1. The molecule has 2 atom stereocenters. The average molecular weight is 166 g/mol. The molecular formula is C8H14N4. The third-order valence-corrected chi connectivity index (χ3v) is 2.82. The summed E-state index contributed by atoms with van der Waals surface area (Å²) in [5.41, 5.74) is 10.2. The van der Waals surface area contributed by atoms with Gasteiger partial charge in [-0.05, 0) is 38.8 Å². The van der Waals surface area contributed by atoms with Crippen LogP contribution in [0.25, 0.3) is 10.4 Å². The third kappa shape index (κ3) is 1.31. The average Bonchev–Trinajstić information content (AvgIpc) is 2.60. The number of hydrogen-bond donors (Lipinski definition) is 1. The number of hydrogen-bond acceptors (Lipinski definition) is 2. The van der Waals surface area contributed by atoms with E-state index in [4.69, 9.17) is 5.53 Å². The van der Waals surface area contributed by atoms with Crippen molar-refractivity contribution in [2.75, 3.05) is 0 Å². The van der Waals surface area contributed by atoms with E-state index in [2.05, 4.69) is 29.2 Å². The molecule has 1 saturated heterocycles. The predicted molar refractivity (Wildman–Crippen MR) is 48.5 cm³/mol. The quantitative estimate of drug-likeness (QED) is 0.291. The van der Waals surface area contributed by atoms with Gasteiger partial charge in [0.05, 0.1) is 5.54 Å². The molecule has 0 aromatic heterocycles. The first-order valence-corrected chi connectivity index (χ1v) is 4.03. The van der Waals surface area contributed by atoms with Crippen molar-refractivity contribution in [2.45, 2.75) is 39.3 Å². The number of nitrogens with zero attached hydrogens (tertiary/aromatic N) is 3. The Hall–Kier alpha value is -0.990. The molecule has 0 aliphatic carbocycles. The minimum absolute atomic E-state index is 0.0538. The molecule has 12 heavy (non-hydrogen) atoms. The maximum atomic E-state index is 8.24. The molecule has 0 radical (unpaired) electrons. The van der Waals surface area contributed by atoms with Crippen LogP contribution in [0.4, 0.5) is 0 Å². The third-order valence-electron chi connectivity index (χ3n) is 2.82. The highest BCUT2D eigenvalue weighted by atomic mass is 15.2. The van der Waals surface area contributed by atoms with Crippen molar-refractivity contribution >= 4 is 0 Å². The van der Waals surface area contributed by atoms with E-state index in [0.717, 1.165) is 11.3 Å². The minimum atomic E-state index is 0.0538. The van der Waals surface area contributed by atoms with Gasteiger partial charge in [0.25, 0.3) is 0 Å². The first-order chi connectivity index (χ1) is 5.52.